The van der Waals surface area contributed by atoms with Gasteiger partial charge in [-0.15, -0.1) is 0 Å². The predicted octanol–water partition coefficient (Wildman–Crippen LogP) is 2.19. The maximum absolute atomic E-state index is 11.9. The third-order valence-electron chi connectivity index (χ3n) is 4.03. The number of hydrogen-bond acceptors (Lipinski definition) is 4. The first-order valence-corrected chi connectivity index (χ1v) is 10.4. The van der Waals surface area contributed by atoms with Crippen molar-refractivity contribution < 1.29 is 9.53 Å². The average Bonchev–Trinajstić information content (AvgIpc) is 3.08. The van der Waals surface area contributed by atoms with Crippen LogP contribution in [0.5, 0.6) is 5.75 Å². The van der Waals surface area contributed by atoms with Gasteiger partial charge in [-0.1, -0.05) is 23.7 Å². The monoisotopic (exact) mass is 398 g/mol. The largest absolute Gasteiger partial charge is 0.487 e. The minimum absolute atomic E-state index is 0.0165. The maximum atomic E-state index is 11.9. The molecule has 1 N–H and O–H groups in total. The summed E-state index contributed by atoms with van der Waals surface area (Å²) in [7, 11) is 3.48. The number of carbonyl (C=O) groups is 1. The molecule has 8 heteroatoms. The van der Waals surface area contributed by atoms with Crippen molar-refractivity contribution >= 4 is 35.2 Å². The number of carbonyl (C=O) groups excluding carboxylic acids is 1. The Hall–Kier alpha value is -1.60. The van der Waals surface area contributed by atoms with Gasteiger partial charge in [0.05, 0.1) is 11.6 Å². The van der Waals surface area contributed by atoms with E-state index in [0.717, 1.165) is 31.2 Å². The quantitative estimate of drug-likeness (QED) is 0.433. The molecule has 0 radical (unpaired) electrons. The minimum Gasteiger partial charge on any atom is -0.487 e. The normalized spacial score (nSPS) is 17.3. The number of rotatable bonds is 7. The van der Waals surface area contributed by atoms with Gasteiger partial charge in [0.1, 0.15) is 18.4 Å². The topological polar surface area (TPSA) is 57.2 Å². The first-order valence-electron chi connectivity index (χ1n) is 8.64. The third-order valence-corrected chi connectivity index (χ3v) is 4.95. The highest BCUT2D eigenvalue weighted by Crippen LogP contribution is 2.26. The van der Waals surface area contributed by atoms with Crippen LogP contribution in [0.25, 0.3) is 0 Å². The van der Waals surface area contributed by atoms with Gasteiger partial charge >= 0.3 is 0 Å². The van der Waals surface area contributed by atoms with Crippen molar-refractivity contribution in [3.8, 4) is 5.75 Å². The van der Waals surface area contributed by atoms with Gasteiger partial charge in [0.2, 0.25) is 5.91 Å². The zero-order valence-corrected chi connectivity index (χ0v) is 17.1. The second-order valence-electron chi connectivity index (χ2n) is 6.25. The van der Waals surface area contributed by atoms with Crippen LogP contribution in [-0.4, -0.2) is 80.1 Å². The van der Waals surface area contributed by atoms with Crippen LogP contribution in [0.1, 0.15) is 6.42 Å². The molecule has 0 spiro atoms. The lowest BCUT2D eigenvalue weighted by atomic mass is 10.3. The van der Waals surface area contributed by atoms with Crippen LogP contribution in [0, 0.1) is 0 Å². The Balaban J connectivity index is 1.98. The Kier molecular flexibility index (Phi) is 8.38. The summed E-state index contributed by atoms with van der Waals surface area (Å²) in [5, 5.41) is 3.98. The van der Waals surface area contributed by atoms with Gasteiger partial charge < -0.3 is 19.9 Å². The molecule has 144 valence electrons. The van der Waals surface area contributed by atoms with Crippen LogP contribution < -0.4 is 10.1 Å². The Morgan fingerprint density at radius 3 is 2.92 bits per heavy atom. The van der Waals surface area contributed by atoms with Crippen LogP contribution in [0.15, 0.2) is 29.3 Å². The highest BCUT2D eigenvalue weighted by atomic mass is 35.5. The number of likely N-dealkylation sites (N-methyl/N-ethyl adjacent to an activating group) is 1. The van der Waals surface area contributed by atoms with Crippen molar-refractivity contribution in [3.05, 3.63) is 29.3 Å². The number of amides is 1. The molecule has 26 heavy (non-hydrogen) atoms. The molecule has 1 aliphatic heterocycles. The van der Waals surface area contributed by atoms with Crippen LogP contribution in [-0.2, 0) is 4.79 Å². The SMILES string of the molecule is CSCCNC(=NCC(=O)N(C)C)N1CCC(Oc2ccccc2Cl)C1. The second-order valence-corrected chi connectivity index (χ2v) is 7.65. The molecule has 1 aromatic carbocycles. The number of guanidine groups is 1. The molecule has 1 fully saturated rings. The van der Waals surface area contributed by atoms with Crippen molar-refractivity contribution in [1.82, 2.24) is 15.1 Å². The van der Waals surface area contributed by atoms with Gasteiger partial charge in [0.15, 0.2) is 5.96 Å². The summed E-state index contributed by atoms with van der Waals surface area (Å²) < 4.78 is 6.04. The molecule has 0 bridgehead atoms. The molecule has 1 heterocycles. The lowest BCUT2D eigenvalue weighted by Crippen LogP contribution is -2.42. The summed E-state index contributed by atoms with van der Waals surface area (Å²) in [4.78, 5) is 20.1. The molecule has 0 aliphatic carbocycles. The highest BCUT2D eigenvalue weighted by molar-refractivity contribution is 7.98. The number of aliphatic imine (C=N–C) groups is 1. The molecule has 0 saturated carbocycles. The molecular formula is C18H27ClN4O2S. The molecule has 1 saturated heterocycles. The van der Waals surface area contributed by atoms with E-state index < -0.39 is 0 Å². The van der Waals surface area contributed by atoms with E-state index in [0.29, 0.717) is 17.3 Å². The smallest absolute Gasteiger partial charge is 0.243 e. The van der Waals surface area contributed by atoms with Gasteiger partial charge in [-0.2, -0.15) is 11.8 Å². The van der Waals surface area contributed by atoms with Gasteiger partial charge in [0.25, 0.3) is 0 Å². The van der Waals surface area contributed by atoms with Gasteiger partial charge in [-0.3, -0.25) is 4.79 Å². The van der Waals surface area contributed by atoms with Crippen molar-refractivity contribution in [3.63, 3.8) is 0 Å². The fourth-order valence-corrected chi connectivity index (χ4v) is 3.04. The van der Waals surface area contributed by atoms with E-state index in [1.807, 2.05) is 24.3 Å². The molecule has 1 unspecified atom stereocenters. The summed E-state index contributed by atoms with van der Waals surface area (Å²) >= 11 is 7.95. The Morgan fingerprint density at radius 2 is 2.23 bits per heavy atom. The van der Waals surface area contributed by atoms with E-state index >= 15 is 0 Å². The molecule has 6 nitrogen and oxygen atoms in total. The van der Waals surface area contributed by atoms with E-state index in [-0.39, 0.29) is 18.6 Å². The summed E-state index contributed by atoms with van der Waals surface area (Å²) in [6.07, 6.45) is 3.00. The number of hydrogen-bond donors (Lipinski definition) is 1. The van der Waals surface area contributed by atoms with E-state index in [1.54, 1.807) is 30.8 Å². The van der Waals surface area contributed by atoms with E-state index in [9.17, 15) is 4.79 Å². The number of thioether (sulfide) groups is 1. The van der Waals surface area contributed by atoms with E-state index in [1.165, 1.54) is 0 Å². The van der Waals surface area contributed by atoms with Gasteiger partial charge in [-0.25, -0.2) is 4.99 Å². The fraction of sp³-hybridized carbons (Fsp3) is 0.556. The first kappa shape index (κ1) is 20.7. The second kappa shape index (κ2) is 10.5. The molecular weight excluding hydrogens is 372 g/mol. The number of ether oxygens (including phenoxy) is 1. The maximum Gasteiger partial charge on any atom is 0.243 e. The molecule has 1 atom stereocenters. The molecule has 2 rings (SSSR count). The Morgan fingerprint density at radius 1 is 1.46 bits per heavy atom. The number of nitrogens with zero attached hydrogens (tertiary/aromatic N) is 3. The van der Waals surface area contributed by atoms with Crippen molar-refractivity contribution in [2.75, 3.05) is 52.3 Å². The Bertz CT molecular complexity index is 627. The summed E-state index contributed by atoms with van der Waals surface area (Å²) in [5.41, 5.74) is 0. The predicted molar refractivity (Wildman–Crippen MR) is 109 cm³/mol. The molecule has 0 aromatic heterocycles. The zero-order valence-electron chi connectivity index (χ0n) is 15.6. The van der Waals surface area contributed by atoms with E-state index in [4.69, 9.17) is 16.3 Å². The molecule has 1 aromatic rings. The van der Waals surface area contributed by atoms with Gasteiger partial charge in [-0.05, 0) is 18.4 Å². The molecule has 1 amide bonds. The lowest BCUT2D eigenvalue weighted by molar-refractivity contribution is -0.127. The van der Waals surface area contributed by atoms with Crippen LogP contribution >= 0.6 is 23.4 Å². The van der Waals surface area contributed by atoms with E-state index in [2.05, 4.69) is 21.5 Å². The highest BCUT2D eigenvalue weighted by Gasteiger charge is 2.27. The van der Waals surface area contributed by atoms with Crippen LogP contribution in [0.2, 0.25) is 5.02 Å². The van der Waals surface area contributed by atoms with Crippen molar-refractivity contribution in [2.45, 2.75) is 12.5 Å². The van der Waals surface area contributed by atoms with Gasteiger partial charge in [0, 0.05) is 39.4 Å². The number of benzene rings is 1. The van der Waals surface area contributed by atoms with Crippen LogP contribution in [0.4, 0.5) is 0 Å². The number of nitrogens with one attached hydrogen (secondary N) is 1. The summed E-state index contributed by atoms with van der Waals surface area (Å²) in [6, 6.07) is 7.51. The summed E-state index contributed by atoms with van der Waals surface area (Å²) in [5.74, 6) is 2.43. The number of likely N-dealkylation sites (tertiary alicyclic amines) is 1. The first-order chi connectivity index (χ1) is 12.5. The average molecular weight is 399 g/mol. The Labute approximate surface area is 164 Å². The fourth-order valence-electron chi connectivity index (χ4n) is 2.55. The van der Waals surface area contributed by atoms with Crippen molar-refractivity contribution in [1.29, 1.82) is 0 Å². The third kappa shape index (κ3) is 6.29. The number of para-hydroxylation sites is 1. The molecule has 1 aliphatic rings. The lowest BCUT2D eigenvalue weighted by Gasteiger charge is -2.22. The van der Waals surface area contributed by atoms with Crippen molar-refractivity contribution in [2.24, 2.45) is 4.99 Å². The van der Waals surface area contributed by atoms with Crippen LogP contribution in [0.3, 0.4) is 0 Å². The standard InChI is InChI=1S/C18H27ClN4O2S/c1-22(2)17(24)12-21-18(20-9-11-26-3)23-10-8-14(13-23)25-16-7-5-4-6-15(16)19/h4-7,14H,8-13H2,1-3H3,(H,20,21). The number of halogens is 1. The summed E-state index contributed by atoms with van der Waals surface area (Å²) in [6.45, 7) is 2.49. The minimum atomic E-state index is -0.0165. The zero-order chi connectivity index (χ0) is 18.9.